The molecule has 0 bridgehead atoms. The van der Waals surface area contributed by atoms with Gasteiger partial charge in [-0.1, -0.05) is 45.2 Å². The molecule has 10 atom stereocenters. The summed E-state index contributed by atoms with van der Waals surface area (Å²) in [6.07, 6.45) is -6.43. The van der Waals surface area contributed by atoms with E-state index in [2.05, 4.69) is 0 Å². The predicted molar refractivity (Wildman–Crippen MR) is 108 cm³/mol. The maximum absolute atomic E-state index is 11.5. The maximum Gasteiger partial charge on any atom is 0.303 e. The van der Waals surface area contributed by atoms with Gasteiger partial charge in [0, 0.05) is 13.8 Å². The molecular weight excluding hydrogens is 590 g/mol. The molecular formula is C16H24I2O9. The van der Waals surface area contributed by atoms with Crippen molar-refractivity contribution >= 4 is 57.1 Å². The Balaban J connectivity index is 2.15. The van der Waals surface area contributed by atoms with Gasteiger partial charge in [0.15, 0.2) is 18.7 Å². The lowest BCUT2D eigenvalue weighted by Gasteiger charge is -2.46. The molecule has 0 radical (unpaired) electrons. The SMILES string of the molecule is CC(=O)O[C@@H]1[C@@H](I)[C@H](O)O[C@H](C)[C@H]1O[C@@H]1O[C@H](C)[C@@H](OC(C)=O)[C@H](O)[C@H]1I. The molecule has 11 heteroatoms. The van der Waals surface area contributed by atoms with Crippen LogP contribution in [0.1, 0.15) is 27.7 Å². The lowest BCUT2D eigenvalue weighted by Crippen LogP contribution is -2.61. The fourth-order valence-electron chi connectivity index (χ4n) is 3.10. The third-order valence-electron chi connectivity index (χ3n) is 4.36. The smallest absolute Gasteiger partial charge is 0.303 e. The number of ether oxygens (including phenoxy) is 5. The fourth-order valence-corrected chi connectivity index (χ4v) is 4.57. The van der Waals surface area contributed by atoms with Crippen LogP contribution in [-0.2, 0) is 33.3 Å². The monoisotopic (exact) mass is 614 g/mol. The van der Waals surface area contributed by atoms with E-state index in [-0.39, 0.29) is 0 Å². The highest BCUT2D eigenvalue weighted by molar-refractivity contribution is 14.1. The van der Waals surface area contributed by atoms with Gasteiger partial charge in [-0.3, -0.25) is 9.59 Å². The molecule has 2 aliphatic rings. The van der Waals surface area contributed by atoms with Crippen LogP contribution in [0, 0.1) is 0 Å². The number of aliphatic hydroxyl groups is 2. The van der Waals surface area contributed by atoms with Crippen molar-refractivity contribution in [2.24, 2.45) is 0 Å². The second-order valence-electron chi connectivity index (χ2n) is 6.57. The molecule has 0 aromatic rings. The van der Waals surface area contributed by atoms with Crippen LogP contribution in [0.5, 0.6) is 0 Å². The number of hydrogen-bond acceptors (Lipinski definition) is 9. The van der Waals surface area contributed by atoms with Crippen LogP contribution < -0.4 is 0 Å². The molecule has 156 valence electrons. The lowest BCUT2D eigenvalue weighted by molar-refractivity contribution is -0.301. The number of carbonyl (C=O) groups excluding carboxylic acids is 2. The van der Waals surface area contributed by atoms with Gasteiger partial charge in [0.25, 0.3) is 0 Å². The van der Waals surface area contributed by atoms with Crippen molar-refractivity contribution in [1.82, 2.24) is 0 Å². The number of hydrogen-bond donors (Lipinski definition) is 2. The van der Waals surface area contributed by atoms with E-state index < -0.39 is 69.0 Å². The van der Waals surface area contributed by atoms with Crippen molar-refractivity contribution < 1.29 is 43.5 Å². The van der Waals surface area contributed by atoms with E-state index in [4.69, 9.17) is 23.7 Å². The Morgan fingerprint density at radius 3 is 1.93 bits per heavy atom. The average molecular weight is 614 g/mol. The fraction of sp³-hybridized carbons (Fsp3) is 0.875. The molecule has 0 amide bonds. The van der Waals surface area contributed by atoms with E-state index in [0.717, 1.165) is 0 Å². The lowest BCUT2D eigenvalue weighted by atomic mass is 10.00. The van der Waals surface area contributed by atoms with E-state index in [1.807, 2.05) is 45.2 Å². The molecule has 2 fully saturated rings. The summed E-state index contributed by atoms with van der Waals surface area (Å²) < 4.78 is 26.7. The van der Waals surface area contributed by atoms with Crippen molar-refractivity contribution in [3.8, 4) is 0 Å². The molecule has 0 aromatic carbocycles. The first-order valence-corrected chi connectivity index (χ1v) is 11.0. The number of carbonyl (C=O) groups is 2. The van der Waals surface area contributed by atoms with E-state index in [0.29, 0.717) is 0 Å². The number of aliphatic hydroxyl groups excluding tert-OH is 2. The molecule has 2 N–H and O–H groups in total. The molecule has 2 rings (SSSR count). The Hall–Kier alpha value is 0.200. The Morgan fingerprint density at radius 2 is 1.37 bits per heavy atom. The molecule has 0 aromatic heterocycles. The molecule has 0 aliphatic carbocycles. The maximum atomic E-state index is 11.5. The minimum atomic E-state index is -1.11. The molecule has 27 heavy (non-hydrogen) atoms. The van der Waals surface area contributed by atoms with Gasteiger partial charge >= 0.3 is 11.9 Å². The van der Waals surface area contributed by atoms with Crippen molar-refractivity contribution in [2.45, 2.75) is 84.7 Å². The predicted octanol–water partition coefficient (Wildman–Crippen LogP) is 0.685. The standard InChI is InChI=1S/C16H24I2O9/c1-5-12(25-7(3)19)11(21)9(17)16(24-5)27-13-6(2)23-15(22)10(18)14(13)26-8(4)20/h5-6,9-16,21-22H,1-4H3/t5-,6-,9-,10-,11-,12-,13-,14-,15-,16+/m1/s1. The van der Waals surface area contributed by atoms with Gasteiger partial charge in [0.05, 0.1) is 16.1 Å². The Labute approximate surface area is 184 Å². The second kappa shape index (κ2) is 9.80. The van der Waals surface area contributed by atoms with E-state index >= 15 is 0 Å². The zero-order valence-electron chi connectivity index (χ0n) is 15.3. The van der Waals surface area contributed by atoms with Crippen LogP contribution in [0.3, 0.4) is 0 Å². The van der Waals surface area contributed by atoms with Crippen LogP contribution in [-0.4, -0.2) is 79.2 Å². The zero-order chi connectivity index (χ0) is 20.5. The first kappa shape index (κ1) is 23.5. The van der Waals surface area contributed by atoms with Gasteiger partial charge in [-0.05, 0) is 13.8 Å². The van der Waals surface area contributed by atoms with Crippen LogP contribution >= 0.6 is 45.2 Å². The number of alkyl halides is 2. The summed E-state index contributed by atoms with van der Waals surface area (Å²) in [6.45, 7) is 5.91. The normalized spacial score (nSPS) is 45.2. The van der Waals surface area contributed by atoms with Crippen molar-refractivity contribution in [2.75, 3.05) is 0 Å². The summed E-state index contributed by atoms with van der Waals surface area (Å²) >= 11 is 3.92. The molecule has 9 nitrogen and oxygen atoms in total. The quantitative estimate of drug-likeness (QED) is 0.268. The third-order valence-corrected chi connectivity index (χ3v) is 7.00. The molecule has 0 unspecified atom stereocenters. The summed E-state index contributed by atoms with van der Waals surface area (Å²) in [4.78, 5) is 22.7. The van der Waals surface area contributed by atoms with Gasteiger partial charge in [-0.15, -0.1) is 0 Å². The molecule has 2 heterocycles. The molecule has 0 spiro atoms. The first-order valence-electron chi connectivity index (χ1n) is 8.48. The second-order valence-corrected chi connectivity index (χ2v) is 9.45. The van der Waals surface area contributed by atoms with Gasteiger partial charge < -0.3 is 33.9 Å². The van der Waals surface area contributed by atoms with Crippen molar-refractivity contribution in [3.63, 3.8) is 0 Å². The van der Waals surface area contributed by atoms with E-state index in [9.17, 15) is 19.8 Å². The van der Waals surface area contributed by atoms with Crippen LogP contribution in [0.15, 0.2) is 0 Å². The Morgan fingerprint density at radius 1 is 0.852 bits per heavy atom. The number of esters is 2. The van der Waals surface area contributed by atoms with Gasteiger partial charge in [-0.2, -0.15) is 0 Å². The van der Waals surface area contributed by atoms with Gasteiger partial charge in [-0.25, -0.2) is 0 Å². The summed E-state index contributed by atoms with van der Waals surface area (Å²) in [7, 11) is 0. The van der Waals surface area contributed by atoms with Crippen LogP contribution in [0.4, 0.5) is 0 Å². The Kier molecular flexibility index (Phi) is 8.52. The molecule has 2 aliphatic heterocycles. The highest BCUT2D eigenvalue weighted by Crippen LogP contribution is 2.35. The summed E-state index contributed by atoms with van der Waals surface area (Å²) in [5.74, 6) is -1.01. The van der Waals surface area contributed by atoms with Gasteiger partial charge in [0.2, 0.25) is 0 Å². The van der Waals surface area contributed by atoms with Crippen LogP contribution in [0.25, 0.3) is 0 Å². The van der Waals surface area contributed by atoms with Crippen molar-refractivity contribution in [3.05, 3.63) is 0 Å². The number of halogens is 2. The van der Waals surface area contributed by atoms with E-state index in [1.54, 1.807) is 13.8 Å². The minimum absolute atomic E-state index is 0.504. The first-order chi connectivity index (χ1) is 12.5. The zero-order valence-corrected chi connectivity index (χ0v) is 19.6. The molecule has 0 saturated carbocycles. The molecule has 2 saturated heterocycles. The highest BCUT2D eigenvalue weighted by atomic mass is 127. The van der Waals surface area contributed by atoms with Crippen molar-refractivity contribution in [1.29, 1.82) is 0 Å². The number of rotatable bonds is 4. The largest absolute Gasteiger partial charge is 0.458 e. The summed E-state index contributed by atoms with van der Waals surface area (Å²) in [6, 6.07) is 0. The third kappa shape index (κ3) is 5.63. The van der Waals surface area contributed by atoms with Crippen LogP contribution in [0.2, 0.25) is 0 Å². The summed E-state index contributed by atoms with van der Waals surface area (Å²) in [5.41, 5.74) is 0. The summed E-state index contributed by atoms with van der Waals surface area (Å²) in [5, 5.41) is 20.5. The topological polar surface area (TPSA) is 121 Å². The highest BCUT2D eigenvalue weighted by Gasteiger charge is 2.50. The minimum Gasteiger partial charge on any atom is -0.458 e. The van der Waals surface area contributed by atoms with E-state index in [1.165, 1.54) is 13.8 Å². The average Bonchev–Trinajstić information content (AvgIpc) is 2.56. The Bertz CT molecular complexity index is 548. The van der Waals surface area contributed by atoms with Gasteiger partial charge in [0.1, 0.15) is 22.2 Å².